The van der Waals surface area contributed by atoms with E-state index in [-0.39, 0.29) is 11.9 Å². The van der Waals surface area contributed by atoms with Gasteiger partial charge in [0.15, 0.2) is 5.79 Å². The van der Waals surface area contributed by atoms with E-state index in [2.05, 4.69) is 13.2 Å². The summed E-state index contributed by atoms with van der Waals surface area (Å²) in [6.07, 6.45) is 2.76. The third-order valence-corrected chi connectivity index (χ3v) is 7.32. The second kappa shape index (κ2) is 14.5. The Morgan fingerprint density at radius 1 is 0.900 bits per heavy atom. The van der Waals surface area contributed by atoms with Crippen molar-refractivity contribution in [2.45, 2.75) is 78.7 Å². The van der Waals surface area contributed by atoms with Crippen LogP contribution < -0.4 is 0 Å². The molecule has 0 bridgehead atoms. The van der Waals surface area contributed by atoms with Crippen LogP contribution in [0.1, 0.15) is 60.3 Å². The van der Waals surface area contributed by atoms with Crippen LogP contribution in [-0.4, -0.2) is 52.7 Å². The van der Waals surface area contributed by atoms with E-state index in [1.807, 2.05) is 27.3 Å². The van der Waals surface area contributed by atoms with Gasteiger partial charge in [-0.3, -0.25) is 0 Å². The highest BCUT2D eigenvalue weighted by atomic mass is 28.4. The lowest BCUT2D eigenvalue weighted by molar-refractivity contribution is -0.188. The third-order valence-electron chi connectivity index (χ3n) is 4.29. The van der Waals surface area contributed by atoms with E-state index >= 15 is 0 Å². The standard InChI is InChI=1S/C22H40O7Si/c1-9-27-22(7,14-11-12-15-25-20(23)18(3)4)29-30(8,28-10-2)17-13-16-26-21(24)19(5)6/h3,5,9-17H2,1-2,4,6-8H3. The topological polar surface area (TPSA) is 80.3 Å². The van der Waals surface area contributed by atoms with Crippen LogP contribution in [0.4, 0.5) is 0 Å². The maximum atomic E-state index is 11.5. The molecule has 2 unspecified atom stereocenters. The van der Waals surface area contributed by atoms with E-state index < -0.39 is 14.3 Å². The fourth-order valence-corrected chi connectivity index (χ4v) is 5.67. The smallest absolute Gasteiger partial charge is 0.337 e. The molecule has 0 aromatic carbocycles. The molecule has 0 N–H and O–H groups in total. The van der Waals surface area contributed by atoms with Crippen LogP contribution in [0.25, 0.3) is 0 Å². The van der Waals surface area contributed by atoms with Crippen LogP contribution in [-0.2, 0) is 32.7 Å². The van der Waals surface area contributed by atoms with Crippen LogP contribution in [0.3, 0.4) is 0 Å². The molecule has 0 aliphatic rings. The molecule has 0 fully saturated rings. The highest BCUT2D eigenvalue weighted by Gasteiger charge is 2.40. The molecule has 0 aliphatic heterocycles. The average Bonchev–Trinajstić information content (AvgIpc) is 2.64. The first kappa shape index (κ1) is 28.5. The summed E-state index contributed by atoms with van der Waals surface area (Å²) in [5, 5.41) is 0. The summed E-state index contributed by atoms with van der Waals surface area (Å²) in [5.41, 5.74) is 0.777. The Balaban J connectivity index is 4.73. The first-order chi connectivity index (χ1) is 14.0. The van der Waals surface area contributed by atoms with E-state index in [0.29, 0.717) is 62.9 Å². The largest absolute Gasteiger partial charge is 0.462 e. The van der Waals surface area contributed by atoms with Gasteiger partial charge in [-0.25, -0.2) is 9.59 Å². The zero-order chi connectivity index (χ0) is 23.2. The van der Waals surface area contributed by atoms with Crippen molar-refractivity contribution < 1.29 is 32.7 Å². The molecule has 30 heavy (non-hydrogen) atoms. The second-order valence-electron chi connectivity index (χ2n) is 7.63. The van der Waals surface area contributed by atoms with Gasteiger partial charge in [0.25, 0.3) is 0 Å². The lowest BCUT2D eigenvalue weighted by Crippen LogP contribution is -2.49. The molecule has 7 nitrogen and oxygen atoms in total. The maximum absolute atomic E-state index is 11.5. The molecule has 0 amide bonds. The van der Waals surface area contributed by atoms with E-state index in [4.69, 9.17) is 23.1 Å². The second-order valence-corrected chi connectivity index (χ2v) is 10.9. The molecule has 2 atom stereocenters. The van der Waals surface area contributed by atoms with Gasteiger partial charge in [-0.1, -0.05) is 13.2 Å². The summed E-state index contributed by atoms with van der Waals surface area (Å²) in [6, 6.07) is 0.670. The predicted molar refractivity (Wildman–Crippen MR) is 119 cm³/mol. The first-order valence-electron chi connectivity index (χ1n) is 10.6. The Morgan fingerprint density at radius 3 is 1.90 bits per heavy atom. The Bertz CT molecular complexity index is 578. The molecular formula is C22H40O7Si. The minimum Gasteiger partial charge on any atom is -0.462 e. The van der Waals surface area contributed by atoms with Crippen molar-refractivity contribution in [1.29, 1.82) is 0 Å². The number of carbonyl (C=O) groups is 2. The van der Waals surface area contributed by atoms with Crippen molar-refractivity contribution in [1.82, 2.24) is 0 Å². The number of carbonyl (C=O) groups excluding carboxylic acids is 2. The number of rotatable bonds is 17. The quantitative estimate of drug-likeness (QED) is 0.106. The average molecular weight is 445 g/mol. The van der Waals surface area contributed by atoms with Gasteiger partial charge in [0.1, 0.15) is 0 Å². The Morgan fingerprint density at radius 2 is 1.43 bits per heavy atom. The maximum Gasteiger partial charge on any atom is 0.337 e. The van der Waals surface area contributed by atoms with Gasteiger partial charge in [0.05, 0.1) is 13.2 Å². The summed E-state index contributed by atoms with van der Waals surface area (Å²) in [4.78, 5) is 23.0. The molecule has 0 radical (unpaired) electrons. The lowest BCUT2D eigenvalue weighted by Gasteiger charge is -2.38. The van der Waals surface area contributed by atoms with Gasteiger partial charge in [-0.05, 0) is 66.5 Å². The number of hydrogen-bond donors (Lipinski definition) is 0. The Labute approximate surface area is 183 Å². The van der Waals surface area contributed by atoms with Crippen molar-refractivity contribution in [3.05, 3.63) is 24.3 Å². The number of hydrogen-bond acceptors (Lipinski definition) is 7. The van der Waals surface area contributed by atoms with Crippen molar-refractivity contribution in [2.75, 3.05) is 26.4 Å². The fourth-order valence-electron chi connectivity index (χ4n) is 2.89. The lowest BCUT2D eigenvalue weighted by atomic mass is 10.1. The van der Waals surface area contributed by atoms with Crippen LogP contribution in [0, 0.1) is 0 Å². The van der Waals surface area contributed by atoms with Crippen molar-refractivity contribution in [3.8, 4) is 0 Å². The molecule has 0 heterocycles. The molecule has 0 saturated carbocycles. The van der Waals surface area contributed by atoms with Crippen molar-refractivity contribution in [3.63, 3.8) is 0 Å². The van der Waals surface area contributed by atoms with E-state index in [1.54, 1.807) is 13.8 Å². The van der Waals surface area contributed by atoms with Gasteiger partial charge in [0.2, 0.25) is 0 Å². The molecule has 0 aliphatic carbocycles. The molecule has 0 aromatic heterocycles. The van der Waals surface area contributed by atoms with Crippen LogP contribution >= 0.6 is 0 Å². The number of unbranched alkanes of at least 4 members (excludes halogenated alkanes) is 1. The van der Waals surface area contributed by atoms with Gasteiger partial charge in [0, 0.05) is 30.8 Å². The SMILES string of the molecule is C=C(C)C(=O)OCCCCC(C)(OCC)O[Si](C)(CCCOC(=O)C(=C)C)OCC. The van der Waals surface area contributed by atoms with E-state index in [0.717, 1.165) is 6.42 Å². The van der Waals surface area contributed by atoms with E-state index in [1.165, 1.54) is 0 Å². The zero-order valence-electron chi connectivity index (χ0n) is 19.6. The molecular weight excluding hydrogens is 404 g/mol. The van der Waals surface area contributed by atoms with Crippen LogP contribution in [0.15, 0.2) is 24.3 Å². The number of esters is 2. The monoisotopic (exact) mass is 444 g/mol. The van der Waals surface area contributed by atoms with Crippen LogP contribution in [0.5, 0.6) is 0 Å². The van der Waals surface area contributed by atoms with E-state index in [9.17, 15) is 9.59 Å². The highest BCUT2D eigenvalue weighted by Crippen LogP contribution is 2.29. The minimum absolute atomic E-state index is 0.296. The summed E-state index contributed by atoms with van der Waals surface area (Å²) in [5.74, 6) is -1.55. The molecule has 0 saturated heterocycles. The first-order valence-corrected chi connectivity index (χ1v) is 13.1. The summed E-state index contributed by atoms with van der Waals surface area (Å²) < 4.78 is 28.7. The Hall–Kier alpha value is -1.48. The third kappa shape index (κ3) is 12.3. The van der Waals surface area contributed by atoms with Gasteiger partial charge >= 0.3 is 20.5 Å². The normalized spacial score (nSPS) is 15.0. The Kier molecular flexibility index (Phi) is 13.8. The molecule has 0 aromatic rings. The zero-order valence-corrected chi connectivity index (χ0v) is 20.6. The molecule has 174 valence electrons. The fraction of sp³-hybridized carbons (Fsp3) is 0.727. The van der Waals surface area contributed by atoms with Crippen molar-refractivity contribution >= 4 is 20.5 Å². The highest BCUT2D eigenvalue weighted by molar-refractivity contribution is 6.66. The molecule has 0 spiro atoms. The van der Waals surface area contributed by atoms with Crippen LogP contribution in [0.2, 0.25) is 12.6 Å². The van der Waals surface area contributed by atoms with Gasteiger partial charge < -0.3 is 23.1 Å². The molecule has 8 heteroatoms. The molecule has 0 rings (SSSR count). The minimum atomic E-state index is -2.56. The number of ether oxygens (including phenoxy) is 3. The van der Waals surface area contributed by atoms with Crippen molar-refractivity contribution in [2.24, 2.45) is 0 Å². The predicted octanol–water partition coefficient (Wildman–Crippen LogP) is 4.66. The summed E-state index contributed by atoms with van der Waals surface area (Å²) in [7, 11) is -2.56. The summed E-state index contributed by atoms with van der Waals surface area (Å²) in [6.45, 7) is 19.8. The van der Waals surface area contributed by atoms with Gasteiger partial charge in [-0.15, -0.1) is 0 Å². The van der Waals surface area contributed by atoms with Gasteiger partial charge in [-0.2, -0.15) is 0 Å². The summed E-state index contributed by atoms with van der Waals surface area (Å²) >= 11 is 0.